The Kier molecular flexibility index (Phi) is 3.81. The number of nitrogens with one attached hydrogen (secondary N) is 1. The summed E-state index contributed by atoms with van der Waals surface area (Å²) < 4.78 is 2.27. The van der Waals surface area contributed by atoms with Gasteiger partial charge in [0.15, 0.2) is 0 Å². The molecule has 21 heavy (non-hydrogen) atoms. The summed E-state index contributed by atoms with van der Waals surface area (Å²) in [5.74, 6) is 2.20. The Labute approximate surface area is 126 Å². The third-order valence-corrected chi connectivity index (χ3v) is 4.56. The van der Waals surface area contributed by atoms with Crippen LogP contribution in [0.5, 0.6) is 0 Å². The van der Waals surface area contributed by atoms with Crippen LogP contribution in [0.3, 0.4) is 0 Å². The van der Waals surface area contributed by atoms with Crippen LogP contribution >= 0.6 is 0 Å². The second-order valence-electron chi connectivity index (χ2n) is 6.18. The van der Waals surface area contributed by atoms with Crippen LogP contribution in [0.15, 0.2) is 18.2 Å². The maximum atomic E-state index is 4.37. The normalized spacial score (nSPS) is 16.8. The van der Waals surface area contributed by atoms with Gasteiger partial charge < -0.3 is 9.88 Å². The quantitative estimate of drug-likeness (QED) is 0.937. The van der Waals surface area contributed by atoms with Crippen LogP contribution in [0.1, 0.15) is 60.7 Å². The first kappa shape index (κ1) is 14.3. The highest BCUT2D eigenvalue weighted by Crippen LogP contribution is 2.23. The predicted molar refractivity (Wildman–Crippen MR) is 84.2 cm³/mol. The molecule has 1 aliphatic heterocycles. The van der Waals surface area contributed by atoms with E-state index in [0.717, 1.165) is 24.6 Å². The third-order valence-electron chi connectivity index (χ3n) is 4.56. The topological polar surface area (TPSA) is 42.7 Å². The average Bonchev–Trinajstić information content (AvgIpc) is 3.04. The second kappa shape index (κ2) is 5.60. The van der Waals surface area contributed by atoms with E-state index >= 15 is 0 Å². The number of nitrogens with zero attached hydrogens (tertiary/aromatic N) is 3. The SMILES string of the molecule is Cc1ccc(C(C)NC(C)c2nnc3n2CCC3)cc1C. The molecule has 0 spiro atoms. The van der Waals surface area contributed by atoms with Crippen molar-refractivity contribution in [3.05, 3.63) is 46.5 Å². The van der Waals surface area contributed by atoms with Gasteiger partial charge in [0, 0.05) is 19.0 Å². The zero-order chi connectivity index (χ0) is 15.0. The summed E-state index contributed by atoms with van der Waals surface area (Å²) in [5, 5.41) is 12.3. The number of hydrogen-bond donors (Lipinski definition) is 1. The van der Waals surface area contributed by atoms with E-state index in [2.05, 4.69) is 66.0 Å². The maximum Gasteiger partial charge on any atom is 0.149 e. The summed E-state index contributed by atoms with van der Waals surface area (Å²) in [7, 11) is 0. The lowest BCUT2D eigenvalue weighted by molar-refractivity contribution is 0.459. The zero-order valence-electron chi connectivity index (χ0n) is 13.3. The molecular weight excluding hydrogens is 260 g/mol. The summed E-state index contributed by atoms with van der Waals surface area (Å²) >= 11 is 0. The summed E-state index contributed by atoms with van der Waals surface area (Å²) in [6.45, 7) is 9.76. The van der Waals surface area contributed by atoms with E-state index < -0.39 is 0 Å². The summed E-state index contributed by atoms with van der Waals surface area (Å²) in [6.07, 6.45) is 2.25. The Hall–Kier alpha value is -1.68. The van der Waals surface area contributed by atoms with E-state index in [9.17, 15) is 0 Å². The van der Waals surface area contributed by atoms with Gasteiger partial charge in [-0.3, -0.25) is 0 Å². The summed E-state index contributed by atoms with van der Waals surface area (Å²) in [6, 6.07) is 7.19. The molecule has 0 amide bonds. The summed E-state index contributed by atoms with van der Waals surface area (Å²) in [5.41, 5.74) is 4.01. The molecular formula is C17H24N4. The van der Waals surface area contributed by atoms with Crippen LogP contribution in [0.4, 0.5) is 0 Å². The van der Waals surface area contributed by atoms with Gasteiger partial charge in [-0.2, -0.15) is 0 Å². The monoisotopic (exact) mass is 284 g/mol. The Morgan fingerprint density at radius 3 is 2.67 bits per heavy atom. The van der Waals surface area contributed by atoms with Crippen molar-refractivity contribution in [3.8, 4) is 0 Å². The van der Waals surface area contributed by atoms with Crippen molar-refractivity contribution in [2.24, 2.45) is 0 Å². The first-order valence-electron chi connectivity index (χ1n) is 7.81. The van der Waals surface area contributed by atoms with Crippen molar-refractivity contribution in [1.82, 2.24) is 20.1 Å². The lowest BCUT2D eigenvalue weighted by Gasteiger charge is -2.21. The van der Waals surface area contributed by atoms with E-state index in [0.29, 0.717) is 6.04 Å². The number of rotatable bonds is 4. The van der Waals surface area contributed by atoms with E-state index in [1.807, 2.05) is 0 Å². The third kappa shape index (κ3) is 2.72. The van der Waals surface area contributed by atoms with Crippen molar-refractivity contribution >= 4 is 0 Å². The van der Waals surface area contributed by atoms with Crippen molar-refractivity contribution in [2.75, 3.05) is 0 Å². The number of fused-ring (bicyclic) bond motifs is 1. The largest absolute Gasteiger partial charge is 0.314 e. The van der Waals surface area contributed by atoms with Crippen LogP contribution in [0.2, 0.25) is 0 Å². The molecule has 2 heterocycles. The first-order valence-corrected chi connectivity index (χ1v) is 7.81. The van der Waals surface area contributed by atoms with E-state index in [1.165, 1.54) is 23.1 Å². The highest BCUT2D eigenvalue weighted by molar-refractivity contribution is 5.31. The molecule has 0 aliphatic carbocycles. The zero-order valence-corrected chi connectivity index (χ0v) is 13.3. The Bertz CT molecular complexity index is 644. The van der Waals surface area contributed by atoms with Crippen molar-refractivity contribution in [1.29, 1.82) is 0 Å². The van der Waals surface area contributed by atoms with E-state index in [-0.39, 0.29) is 6.04 Å². The second-order valence-corrected chi connectivity index (χ2v) is 6.18. The standard InChI is InChI=1S/C17H24N4/c1-11-7-8-15(10-12(11)2)13(3)18-14(4)17-20-19-16-6-5-9-21(16)17/h7-8,10,13-14,18H,5-6,9H2,1-4H3. The molecule has 0 bridgehead atoms. The van der Waals surface area contributed by atoms with Crippen LogP contribution in [0.25, 0.3) is 0 Å². The molecule has 0 saturated carbocycles. The number of aromatic nitrogens is 3. The van der Waals surface area contributed by atoms with E-state index in [4.69, 9.17) is 0 Å². The fourth-order valence-corrected chi connectivity index (χ4v) is 3.07. The van der Waals surface area contributed by atoms with Crippen molar-refractivity contribution in [2.45, 2.75) is 59.2 Å². The molecule has 112 valence electrons. The molecule has 1 aromatic carbocycles. The molecule has 4 nitrogen and oxygen atoms in total. The molecule has 2 unspecified atom stereocenters. The smallest absolute Gasteiger partial charge is 0.149 e. The van der Waals surface area contributed by atoms with Gasteiger partial charge in [-0.1, -0.05) is 18.2 Å². The van der Waals surface area contributed by atoms with Crippen LogP contribution in [-0.4, -0.2) is 14.8 Å². The lowest BCUT2D eigenvalue weighted by atomic mass is 10.0. The van der Waals surface area contributed by atoms with Crippen LogP contribution < -0.4 is 5.32 Å². The van der Waals surface area contributed by atoms with Gasteiger partial charge >= 0.3 is 0 Å². The number of hydrogen-bond acceptors (Lipinski definition) is 3. The number of aryl methyl sites for hydroxylation is 3. The highest BCUT2D eigenvalue weighted by atomic mass is 15.3. The molecule has 1 aromatic heterocycles. The molecule has 0 radical (unpaired) electrons. The maximum absolute atomic E-state index is 4.37. The molecule has 2 aromatic rings. The molecule has 0 saturated heterocycles. The van der Waals surface area contributed by atoms with Crippen molar-refractivity contribution < 1.29 is 0 Å². The van der Waals surface area contributed by atoms with Gasteiger partial charge in [0.1, 0.15) is 11.6 Å². The minimum atomic E-state index is 0.209. The van der Waals surface area contributed by atoms with Gasteiger partial charge in [-0.05, 0) is 50.8 Å². The first-order chi connectivity index (χ1) is 10.1. The molecule has 3 rings (SSSR count). The van der Waals surface area contributed by atoms with Gasteiger partial charge in [0.2, 0.25) is 0 Å². The molecule has 1 aliphatic rings. The van der Waals surface area contributed by atoms with Crippen LogP contribution in [0, 0.1) is 13.8 Å². The Morgan fingerprint density at radius 1 is 1.10 bits per heavy atom. The molecule has 4 heteroatoms. The number of benzene rings is 1. The predicted octanol–water partition coefficient (Wildman–Crippen LogP) is 3.25. The Balaban J connectivity index is 1.74. The highest BCUT2D eigenvalue weighted by Gasteiger charge is 2.22. The van der Waals surface area contributed by atoms with Gasteiger partial charge in [0.05, 0.1) is 6.04 Å². The molecule has 1 N–H and O–H groups in total. The fraction of sp³-hybridized carbons (Fsp3) is 0.529. The Morgan fingerprint density at radius 2 is 1.90 bits per heavy atom. The lowest BCUT2D eigenvalue weighted by Crippen LogP contribution is -2.25. The van der Waals surface area contributed by atoms with Gasteiger partial charge in [-0.15, -0.1) is 10.2 Å². The van der Waals surface area contributed by atoms with Gasteiger partial charge in [-0.25, -0.2) is 0 Å². The summed E-state index contributed by atoms with van der Waals surface area (Å²) in [4.78, 5) is 0. The van der Waals surface area contributed by atoms with Crippen molar-refractivity contribution in [3.63, 3.8) is 0 Å². The minimum Gasteiger partial charge on any atom is -0.314 e. The van der Waals surface area contributed by atoms with Gasteiger partial charge in [0.25, 0.3) is 0 Å². The van der Waals surface area contributed by atoms with Crippen LogP contribution in [-0.2, 0) is 13.0 Å². The molecule has 2 atom stereocenters. The minimum absolute atomic E-state index is 0.209. The average molecular weight is 284 g/mol. The molecule has 0 fully saturated rings. The fourth-order valence-electron chi connectivity index (χ4n) is 3.07. The van der Waals surface area contributed by atoms with E-state index in [1.54, 1.807) is 0 Å².